The Labute approximate surface area is 171 Å². The number of hydrogen-bond acceptors (Lipinski definition) is 3. The second-order valence-electron chi connectivity index (χ2n) is 6.95. The van der Waals surface area contributed by atoms with E-state index >= 15 is 0 Å². The maximum Gasteiger partial charge on any atom is 0.226 e. The van der Waals surface area contributed by atoms with Crippen molar-refractivity contribution in [2.24, 2.45) is 0 Å². The fourth-order valence-corrected chi connectivity index (χ4v) is 3.06. The van der Waals surface area contributed by atoms with Gasteiger partial charge in [0.15, 0.2) is 0 Å². The highest BCUT2D eigenvalue weighted by atomic mass is 16.2. The quantitative estimate of drug-likeness (QED) is 0.537. The highest BCUT2D eigenvalue weighted by Crippen LogP contribution is 2.26. The number of hydrogen-bond donors (Lipinski definition) is 3. The fourth-order valence-electron chi connectivity index (χ4n) is 3.06. The zero-order valence-corrected chi connectivity index (χ0v) is 16.6. The van der Waals surface area contributed by atoms with Crippen molar-refractivity contribution < 1.29 is 9.59 Å². The van der Waals surface area contributed by atoms with E-state index in [4.69, 9.17) is 0 Å². The summed E-state index contributed by atoms with van der Waals surface area (Å²) in [6, 6.07) is 24.7. The van der Waals surface area contributed by atoms with E-state index in [-0.39, 0.29) is 24.3 Å². The number of carbonyl (C=O) groups is 2. The maximum atomic E-state index is 12.8. The first-order chi connectivity index (χ1) is 14.0. The van der Waals surface area contributed by atoms with Crippen molar-refractivity contribution in [2.75, 3.05) is 10.6 Å². The van der Waals surface area contributed by atoms with Crippen molar-refractivity contribution >= 4 is 28.9 Å². The van der Waals surface area contributed by atoms with Gasteiger partial charge in [0.2, 0.25) is 11.8 Å². The van der Waals surface area contributed by atoms with E-state index in [1.54, 1.807) is 0 Å². The number of aryl methyl sites for hydroxylation is 1. The van der Waals surface area contributed by atoms with Crippen molar-refractivity contribution in [2.45, 2.75) is 26.3 Å². The second kappa shape index (κ2) is 9.55. The molecule has 0 bridgehead atoms. The molecule has 29 heavy (non-hydrogen) atoms. The molecule has 0 saturated carbocycles. The molecule has 5 nitrogen and oxygen atoms in total. The van der Waals surface area contributed by atoms with Crippen molar-refractivity contribution in [3.63, 3.8) is 0 Å². The lowest BCUT2D eigenvalue weighted by atomic mass is 10.0. The molecule has 0 fully saturated rings. The molecule has 148 valence electrons. The third kappa shape index (κ3) is 5.94. The summed E-state index contributed by atoms with van der Waals surface area (Å²) in [6.07, 6.45) is 0.141. The predicted molar refractivity (Wildman–Crippen MR) is 117 cm³/mol. The largest absolute Gasteiger partial charge is 0.354 e. The van der Waals surface area contributed by atoms with Crippen molar-refractivity contribution in [3.05, 3.63) is 90.0 Å². The normalized spacial score (nSPS) is 11.4. The summed E-state index contributed by atoms with van der Waals surface area (Å²) < 4.78 is 0. The summed E-state index contributed by atoms with van der Waals surface area (Å²) >= 11 is 0. The SMILES string of the molecule is CC(=O)NC(CC(=O)Nc1ccccc1Nc1ccccc1)c1ccc(C)cc1. The van der Waals surface area contributed by atoms with Gasteiger partial charge in [0.1, 0.15) is 0 Å². The number of rotatable bonds is 7. The summed E-state index contributed by atoms with van der Waals surface area (Å²) in [5, 5.41) is 9.15. The van der Waals surface area contributed by atoms with Crippen LogP contribution < -0.4 is 16.0 Å². The van der Waals surface area contributed by atoms with Crippen LogP contribution in [0, 0.1) is 6.92 Å². The monoisotopic (exact) mass is 387 g/mol. The van der Waals surface area contributed by atoms with Gasteiger partial charge in [0.05, 0.1) is 23.8 Å². The molecule has 0 spiro atoms. The minimum absolute atomic E-state index is 0.141. The molecule has 3 aromatic rings. The number of amides is 2. The lowest BCUT2D eigenvalue weighted by Crippen LogP contribution is -2.29. The number of carbonyl (C=O) groups excluding carboxylic acids is 2. The lowest BCUT2D eigenvalue weighted by Gasteiger charge is -2.19. The molecule has 2 amide bonds. The minimum atomic E-state index is -0.387. The maximum absolute atomic E-state index is 12.8. The van der Waals surface area contributed by atoms with Gasteiger partial charge >= 0.3 is 0 Å². The Kier molecular flexibility index (Phi) is 6.63. The molecule has 3 N–H and O–H groups in total. The Bertz CT molecular complexity index is 969. The predicted octanol–water partition coefficient (Wildman–Crippen LogP) is 4.94. The molecule has 5 heteroatoms. The van der Waals surface area contributed by atoms with Crippen LogP contribution in [0.25, 0.3) is 0 Å². The molecule has 0 aliphatic heterocycles. The summed E-state index contributed by atoms with van der Waals surface area (Å²) in [6.45, 7) is 3.46. The van der Waals surface area contributed by atoms with Crippen LogP contribution in [0.2, 0.25) is 0 Å². The van der Waals surface area contributed by atoms with Gasteiger partial charge in [-0.25, -0.2) is 0 Å². The average molecular weight is 387 g/mol. The molecule has 3 rings (SSSR count). The number of nitrogens with one attached hydrogen (secondary N) is 3. The Morgan fingerprint density at radius 3 is 2.10 bits per heavy atom. The van der Waals surface area contributed by atoms with E-state index in [9.17, 15) is 9.59 Å². The van der Waals surface area contributed by atoms with Crippen molar-refractivity contribution in [1.29, 1.82) is 0 Å². The van der Waals surface area contributed by atoms with Crippen LogP contribution >= 0.6 is 0 Å². The molecule has 0 aromatic heterocycles. The Hall–Kier alpha value is -3.60. The first kappa shape index (κ1) is 20.1. The van der Waals surface area contributed by atoms with Gasteiger partial charge < -0.3 is 16.0 Å². The minimum Gasteiger partial charge on any atom is -0.354 e. The van der Waals surface area contributed by atoms with Crippen LogP contribution in [0.5, 0.6) is 0 Å². The Morgan fingerprint density at radius 1 is 0.828 bits per heavy atom. The molecule has 1 atom stereocenters. The fraction of sp³-hybridized carbons (Fsp3) is 0.167. The van der Waals surface area contributed by atoms with Gasteiger partial charge in [-0.2, -0.15) is 0 Å². The third-order valence-electron chi connectivity index (χ3n) is 4.50. The molecule has 0 heterocycles. The van der Waals surface area contributed by atoms with E-state index in [2.05, 4.69) is 16.0 Å². The average Bonchev–Trinajstić information content (AvgIpc) is 2.70. The van der Waals surface area contributed by atoms with Gasteiger partial charge in [0.25, 0.3) is 0 Å². The Morgan fingerprint density at radius 2 is 1.45 bits per heavy atom. The number of para-hydroxylation sites is 3. The van der Waals surface area contributed by atoms with Crippen LogP contribution in [0.3, 0.4) is 0 Å². The van der Waals surface area contributed by atoms with E-state index in [1.165, 1.54) is 6.92 Å². The van der Waals surface area contributed by atoms with E-state index in [0.29, 0.717) is 5.69 Å². The van der Waals surface area contributed by atoms with E-state index in [0.717, 1.165) is 22.5 Å². The third-order valence-corrected chi connectivity index (χ3v) is 4.50. The standard InChI is InChI=1S/C24H25N3O2/c1-17-12-14-19(15-13-17)23(25-18(2)28)16-24(29)27-22-11-7-6-10-21(22)26-20-8-4-3-5-9-20/h3-15,23,26H,16H2,1-2H3,(H,25,28)(H,27,29). The zero-order chi connectivity index (χ0) is 20.6. The number of anilines is 3. The van der Waals surface area contributed by atoms with Crippen LogP contribution in [-0.4, -0.2) is 11.8 Å². The highest BCUT2D eigenvalue weighted by molar-refractivity contribution is 5.95. The molecule has 3 aromatic carbocycles. The van der Waals surface area contributed by atoms with Crippen molar-refractivity contribution in [1.82, 2.24) is 5.32 Å². The van der Waals surface area contributed by atoms with Crippen LogP contribution in [0.1, 0.15) is 30.5 Å². The van der Waals surface area contributed by atoms with Gasteiger partial charge in [-0.1, -0.05) is 60.2 Å². The number of benzene rings is 3. The molecule has 0 saturated heterocycles. The Balaban J connectivity index is 1.73. The molecule has 1 unspecified atom stereocenters. The van der Waals surface area contributed by atoms with Crippen LogP contribution in [-0.2, 0) is 9.59 Å². The van der Waals surface area contributed by atoms with Gasteiger partial charge in [-0.05, 0) is 36.8 Å². The molecule has 0 radical (unpaired) electrons. The highest BCUT2D eigenvalue weighted by Gasteiger charge is 2.18. The lowest BCUT2D eigenvalue weighted by molar-refractivity contribution is -0.120. The van der Waals surface area contributed by atoms with Crippen molar-refractivity contribution in [3.8, 4) is 0 Å². The first-order valence-corrected chi connectivity index (χ1v) is 9.56. The van der Waals surface area contributed by atoms with Gasteiger partial charge in [-0.15, -0.1) is 0 Å². The summed E-state index contributed by atoms with van der Waals surface area (Å²) in [5.74, 6) is -0.346. The zero-order valence-electron chi connectivity index (χ0n) is 16.6. The van der Waals surface area contributed by atoms with Crippen LogP contribution in [0.15, 0.2) is 78.9 Å². The summed E-state index contributed by atoms with van der Waals surface area (Å²) in [5.41, 5.74) is 4.45. The van der Waals surface area contributed by atoms with E-state index in [1.807, 2.05) is 85.8 Å². The second-order valence-corrected chi connectivity index (χ2v) is 6.95. The first-order valence-electron chi connectivity index (χ1n) is 9.56. The molecular weight excluding hydrogens is 362 g/mol. The summed E-state index contributed by atoms with van der Waals surface area (Å²) in [7, 11) is 0. The van der Waals surface area contributed by atoms with Gasteiger partial charge in [0, 0.05) is 12.6 Å². The topological polar surface area (TPSA) is 70.2 Å². The van der Waals surface area contributed by atoms with E-state index < -0.39 is 0 Å². The summed E-state index contributed by atoms with van der Waals surface area (Å²) in [4.78, 5) is 24.4. The molecule has 0 aliphatic rings. The van der Waals surface area contributed by atoms with Crippen LogP contribution in [0.4, 0.5) is 17.1 Å². The molecule has 0 aliphatic carbocycles. The van der Waals surface area contributed by atoms with Gasteiger partial charge in [-0.3, -0.25) is 9.59 Å². The smallest absolute Gasteiger partial charge is 0.226 e. The molecular formula is C24H25N3O2.